The van der Waals surface area contributed by atoms with E-state index in [4.69, 9.17) is 39.8 Å². The summed E-state index contributed by atoms with van der Waals surface area (Å²) in [5.74, 6) is -0.194. The van der Waals surface area contributed by atoms with Gasteiger partial charge in [-0.1, -0.05) is 40.9 Å². The molecule has 0 radical (unpaired) electrons. The maximum atomic E-state index is 12.9. The Morgan fingerprint density at radius 2 is 1.82 bits per heavy atom. The predicted octanol–water partition coefficient (Wildman–Crippen LogP) is 5.39. The van der Waals surface area contributed by atoms with E-state index < -0.39 is 6.04 Å². The summed E-state index contributed by atoms with van der Waals surface area (Å²) in [6.45, 7) is 0. The third-order valence-electron chi connectivity index (χ3n) is 4.62. The number of nitrogens with one attached hydrogen (secondary N) is 1. The fraction of sp³-hybridized carbons (Fsp3) is 0.143. The van der Waals surface area contributed by atoms with Crippen molar-refractivity contribution in [2.45, 2.75) is 12.5 Å². The minimum atomic E-state index is -0.639. The molecule has 0 bridgehead atoms. The van der Waals surface area contributed by atoms with Gasteiger partial charge in [0.15, 0.2) is 0 Å². The van der Waals surface area contributed by atoms with Crippen LogP contribution in [-0.4, -0.2) is 22.2 Å². The van der Waals surface area contributed by atoms with Crippen molar-refractivity contribution >= 4 is 52.1 Å². The number of fused-ring (bicyclic) bond motifs is 1. The molecule has 1 aliphatic heterocycles. The normalized spacial score (nSPS) is 16.2. The van der Waals surface area contributed by atoms with Crippen molar-refractivity contribution in [3.8, 4) is 0 Å². The Kier molecular flexibility index (Phi) is 5.19. The zero-order chi connectivity index (χ0) is 19.8. The Balaban J connectivity index is 1.81. The van der Waals surface area contributed by atoms with Crippen molar-refractivity contribution in [2.24, 2.45) is 12.0 Å². The molecule has 0 spiro atoms. The molecule has 4 rings (SSSR count). The van der Waals surface area contributed by atoms with Crippen LogP contribution in [0, 0.1) is 0 Å². The SMILES string of the molecule is Cn1ccc(C2=NC(Cc3ccc(Cl)cc3Cl)C(=O)Nc3ccc(Cl)cc32)c1. The maximum absolute atomic E-state index is 12.9. The second kappa shape index (κ2) is 7.63. The lowest BCUT2D eigenvalue weighted by Crippen LogP contribution is -2.27. The summed E-state index contributed by atoms with van der Waals surface area (Å²) in [7, 11) is 1.94. The summed E-state index contributed by atoms with van der Waals surface area (Å²) >= 11 is 18.5. The number of aryl methyl sites for hydroxylation is 1. The molecule has 0 aliphatic carbocycles. The van der Waals surface area contributed by atoms with E-state index >= 15 is 0 Å². The van der Waals surface area contributed by atoms with Crippen molar-refractivity contribution in [2.75, 3.05) is 5.32 Å². The molecular formula is C21H16Cl3N3O. The molecule has 28 heavy (non-hydrogen) atoms. The fourth-order valence-corrected chi connectivity index (χ4v) is 3.89. The molecule has 1 atom stereocenters. The minimum absolute atomic E-state index is 0.194. The van der Waals surface area contributed by atoms with Crippen LogP contribution in [0.1, 0.15) is 16.7 Å². The molecule has 1 amide bonds. The number of carbonyl (C=O) groups is 1. The van der Waals surface area contributed by atoms with Gasteiger partial charge in [0, 0.05) is 52.1 Å². The lowest BCUT2D eigenvalue weighted by molar-refractivity contribution is -0.117. The first-order chi connectivity index (χ1) is 13.4. The average molecular weight is 433 g/mol. The number of halogens is 3. The number of carbonyl (C=O) groups excluding carboxylic acids is 1. The highest BCUT2D eigenvalue weighted by atomic mass is 35.5. The Hall–Kier alpha value is -2.27. The summed E-state index contributed by atoms with van der Waals surface area (Å²) in [5, 5.41) is 4.61. The molecule has 7 heteroatoms. The molecule has 1 unspecified atom stereocenters. The summed E-state index contributed by atoms with van der Waals surface area (Å²) < 4.78 is 1.94. The summed E-state index contributed by atoms with van der Waals surface area (Å²) in [6.07, 6.45) is 4.26. The van der Waals surface area contributed by atoms with Crippen LogP contribution in [0.3, 0.4) is 0 Å². The minimum Gasteiger partial charge on any atom is -0.357 e. The molecule has 142 valence electrons. The Labute approximate surface area is 177 Å². The zero-order valence-corrected chi connectivity index (χ0v) is 17.2. The van der Waals surface area contributed by atoms with Gasteiger partial charge in [0.2, 0.25) is 5.91 Å². The predicted molar refractivity (Wildman–Crippen MR) is 115 cm³/mol. The van der Waals surface area contributed by atoms with Crippen LogP contribution >= 0.6 is 34.8 Å². The van der Waals surface area contributed by atoms with Crippen molar-refractivity contribution in [1.29, 1.82) is 0 Å². The van der Waals surface area contributed by atoms with Gasteiger partial charge in [-0.05, 0) is 42.0 Å². The van der Waals surface area contributed by atoms with Gasteiger partial charge < -0.3 is 9.88 Å². The van der Waals surface area contributed by atoms with Gasteiger partial charge in [0.1, 0.15) is 6.04 Å². The molecule has 0 fully saturated rings. The van der Waals surface area contributed by atoms with Crippen LogP contribution in [0.15, 0.2) is 59.9 Å². The summed E-state index contributed by atoms with van der Waals surface area (Å²) in [4.78, 5) is 17.7. The van der Waals surface area contributed by atoms with E-state index in [2.05, 4.69) is 5.32 Å². The number of benzodiazepines with no additional fused rings is 1. The smallest absolute Gasteiger partial charge is 0.249 e. The number of aromatic nitrogens is 1. The van der Waals surface area contributed by atoms with Crippen molar-refractivity contribution in [1.82, 2.24) is 4.57 Å². The molecule has 4 nitrogen and oxygen atoms in total. The number of benzene rings is 2. The Morgan fingerprint density at radius 3 is 2.54 bits per heavy atom. The first kappa shape index (κ1) is 19.1. The lowest BCUT2D eigenvalue weighted by Gasteiger charge is -2.12. The van der Waals surface area contributed by atoms with E-state index in [-0.39, 0.29) is 5.91 Å². The van der Waals surface area contributed by atoms with Gasteiger partial charge in [0.25, 0.3) is 0 Å². The summed E-state index contributed by atoms with van der Waals surface area (Å²) in [6, 6.07) is 11.9. The molecule has 2 aromatic carbocycles. The van der Waals surface area contributed by atoms with Crippen LogP contribution < -0.4 is 5.32 Å². The third kappa shape index (κ3) is 3.81. The number of hydrogen-bond acceptors (Lipinski definition) is 2. The van der Waals surface area contributed by atoms with Gasteiger partial charge in [0.05, 0.1) is 11.4 Å². The topological polar surface area (TPSA) is 46.4 Å². The van der Waals surface area contributed by atoms with Crippen molar-refractivity contribution in [3.63, 3.8) is 0 Å². The van der Waals surface area contributed by atoms with Gasteiger partial charge in [-0.2, -0.15) is 0 Å². The molecule has 1 N–H and O–H groups in total. The zero-order valence-electron chi connectivity index (χ0n) is 14.9. The van der Waals surface area contributed by atoms with Crippen LogP contribution in [0.5, 0.6) is 0 Å². The largest absolute Gasteiger partial charge is 0.357 e. The number of nitrogens with zero attached hydrogens (tertiary/aromatic N) is 2. The van der Waals surface area contributed by atoms with Gasteiger partial charge in [-0.15, -0.1) is 0 Å². The highest BCUT2D eigenvalue weighted by molar-refractivity contribution is 6.35. The summed E-state index contributed by atoms with van der Waals surface area (Å²) in [5.41, 5.74) is 3.91. The fourth-order valence-electron chi connectivity index (χ4n) is 3.23. The van der Waals surface area contributed by atoms with Gasteiger partial charge in [-0.3, -0.25) is 9.79 Å². The molecule has 0 saturated carbocycles. The first-order valence-electron chi connectivity index (χ1n) is 8.65. The van der Waals surface area contributed by atoms with Crippen LogP contribution in [0.25, 0.3) is 0 Å². The monoisotopic (exact) mass is 431 g/mol. The standard InChI is InChI=1S/C21H16Cl3N3O/c1-27-7-6-13(11-27)20-16-9-14(22)4-5-18(16)26-21(28)19(25-20)8-12-2-3-15(23)10-17(12)24/h2-7,9-11,19H,8H2,1H3,(H,26,28). The van der Waals surface area contributed by atoms with E-state index in [1.54, 1.807) is 24.3 Å². The second-order valence-corrected chi connectivity index (χ2v) is 7.96. The molecule has 3 aromatic rings. The number of amides is 1. The highest BCUT2D eigenvalue weighted by Gasteiger charge is 2.27. The van der Waals surface area contributed by atoms with Crippen LogP contribution in [0.2, 0.25) is 15.1 Å². The molecule has 2 heterocycles. The van der Waals surface area contributed by atoms with Gasteiger partial charge >= 0.3 is 0 Å². The lowest BCUT2D eigenvalue weighted by atomic mass is 10.0. The Morgan fingerprint density at radius 1 is 1.07 bits per heavy atom. The van der Waals surface area contributed by atoms with Gasteiger partial charge in [-0.25, -0.2) is 0 Å². The number of hydrogen-bond donors (Lipinski definition) is 1. The highest BCUT2D eigenvalue weighted by Crippen LogP contribution is 2.29. The number of rotatable bonds is 3. The third-order valence-corrected chi connectivity index (χ3v) is 5.44. The van der Waals surface area contributed by atoms with Crippen LogP contribution in [0.4, 0.5) is 5.69 Å². The van der Waals surface area contributed by atoms with Crippen LogP contribution in [-0.2, 0) is 18.3 Å². The molecule has 0 saturated heterocycles. The Bertz CT molecular complexity index is 1100. The van der Waals surface area contributed by atoms with E-state index in [0.717, 1.165) is 16.7 Å². The van der Waals surface area contributed by atoms with Crippen molar-refractivity contribution in [3.05, 3.63) is 86.6 Å². The van der Waals surface area contributed by atoms with E-state index in [9.17, 15) is 4.79 Å². The van der Waals surface area contributed by atoms with E-state index in [0.29, 0.717) is 32.9 Å². The first-order valence-corrected chi connectivity index (χ1v) is 9.79. The van der Waals surface area contributed by atoms with E-state index in [1.807, 2.05) is 42.2 Å². The maximum Gasteiger partial charge on any atom is 0.249 e. The number of aliphatic imine (C=N–C) groups is 1. The molecule has 1 aliphatic rings. The molecule has 1 aromatic heterocycles. The van der Waals surface area contributed by atoms with Crippen molar-refractivity contribution < 1.29 is 4.79 Å². The number of anilines is 1. The van der Waals surface area contributed by atoms with E-state index in [1.165, 1.54) is 0 Å². The quantitative estimate of drug-likeness (QED) is 0.593. The molecular weight excluding hydrogens is 417 g/mol. The second-order valence-electron chi connectivity index (χ2n) is 6.68. The average Bonchev–Trinajstić information content (AvgIpc) is 3.02.